The number of rotatable bonds is 1. The van der Waals surface area contributed by atoms with Gasteiger partial charge in [-0.3, -0.25) is 4.79 Å². The van der Waals surface area contributed by atoms with E-state index >= 15 is 0 Å². The average Bonchev–Trinajstić information content (AvgIpc) is 2.37. The maximum absolute atomic E-state index is 12.2. The van der Waals surface area contributed by atoms with E-state index in [2.05, 4.69) is 31.9 Å². The lowest BCUT2D eigenvalue weighted by Crippen LogP contribution is -2.20. The number of carbonyl (C=O) groups excluding carboxylic acids is 1. The number of benzene rings is 2. The highest BCUT2D eigenvalue weighted by atomic mass is 79.9. The fraction of sp³-hybridized carbons (Fsp3) is 0.133. The summed E-state index contributed by atoms with van der Waals surface area (Å²) in [4.78, 5) is 12.2. The number of Topliss-reactive ketones (excluding diaryl/α,β-unsaturated/α-hetero) is 1. The number of ketones is 1. The molecule has 20 heavy (non-hydrogen) atoms. The molecule has 0 amide bonds. The van der Waals surface area contributed by atoms with Crippen LogP contribution in [-0.4, -0.2) is 5.78 Å². The topological polar surface area (TPSA) is 26.3 Å². The number of halogens is 3. The van der Waals surface area contributed by atoms with Crippen LogP contribution in [0, 0.1) is 0 Å². The van der Waals surface area contributed by atoms with Gasteiger partial charge in [0.05, 0.1) is 12.0 Å². The summed E-state index contributed by atoms with van der Waals surface area (Å²) in [6.07, 6.45) is -0.0411. The van der Waals surface area contributed by atoms with Gasteiger partial charge in [0.15, 0.2) is 5.78 Å². The van der Waals surface area contributed by atoms with Gasteiger partial charge < -0.3 is 4.74 Å². The summed E-state index contributed by atoms with van der Waals surface area (Å²) in [5.41, 5.74) is 1.45. The van der Waals surface area contributed by atoms with Crippen LogP contribution >= 0.6 is 43.5 Å². The van der Waals surface area contributed by atoms with Crippen molar-refractivity contribution in [3.8, 4) is 5.75 Å². The van der Waals surface area contributed by atoms with E-state index < -0.39 is 0 Å². The standard InChI is InChI=1S/C15H9Br2ClO2/c16-8-1-3-10(12(18)5-8)15-7-13(19)11-4-2-9(17)6-14(11)20-15/h1-6,15H,7H2. The lowest BCUT2D eigenvalue weighted by Gasteiger charge is -2.26. The Balaban J connectivity index is 2.00. The molecule has 1 aliphatic rings. The fourth-order valence-corrected chi connectivity index (χ4v) is 3.37. The van der Waals surface area contributed by atoms with Gasteiger partial charge >= 0.3 is 0 Å². The molecule has 1 unspecified atom stereocenters. The molecule has 0 saturated carbocycles. The zero-order chi connectivity index (χ0) is 14.3. The van der Waals surface area contributed by atoms with Crippen molar-refractivity contribution in [2.45, 2.75) is 12.5 Å². The van der Waals surface area contributed by atoms with Crippen LogP contribution in [0.5, 0.6) is 5.75 Å². The number of hydrogen-bond acceptors (Lipinski definition) is 2. The largest absolute Gasteiger partial charge is 0.484 e. The van der Waals surface area contributed by atoms with Crippen LogP contribution in [0.1, 0.15) is 28.4 Å². The molecule has 0 aliphatic carbocycles. The Morgan fingerprint density at radius 1 is 1.10 bits per heavy atom. The summed E-state index contributed by atoms with van der Waals surface area (Å²) in [5.74, 6) is 0.669. The van der Waals surface area contributed by atoms with Gasteiger partial charge in [0.25, 0.3) is 0 Å². The van der Waals surface area contributed by atoms with Gasteiger partial charge in [-0.15, -0.1) is 0 Å². The zero-order valence-electron chi connectivity index (χ0n) is 10.2. The molecule has 0 aromatic heterocycles. The minimum atomic E-state index is -0.343. The Bertz CT molecular complexity index is 700. The monoisotopic (exact) mass is 414 g/mol. The van der Waals surface area contributed by atoms with Crippen LogP contribution < -0.4 is 4.74 Å². The second-order valence-corrected chi connectivity index (χ2v) is 6.78. The third kappa shape index (κ3) is 2.65. The zero-order valence-corrected chi connectivity index (χ0v) is 14.1. The molecule has 0 N–H and O–H groups in total. The minimum Gasteiger partial charge on any atom is -0.484 e. The van der Waals surface area contributed by atoms with Crippen molar-refractivity contribution >= 4 is 49.2 Å². The van der Waals surface area contributed by atoms with Gasteiger partial charge in [-0.25, -0.2) is 0 Å². The summed E-state index contributed by atoms with van der Waals surface area (Å²) >= 11 is 13.0. The van der Waals surface area contributed by atoms with Crippen LogP contribution in [0.15, 0.2) is 45.3 Å². The molecule has 1 heterocycles. The summed E-state index contributed by atoms with van der Waals surface area (Å²) in [5, 5.41) is 0.593. The Labute approximate surface area is 138 Å². The van der Waals surface area contributed by atoms with Gasteiger partial charge in [-0.2, -0.15) is 0 Å². The average molecular weight is 416 g/mol. The number of hydrogen-bond donors (Lipinski definition) is 0. The molecule has 0 bridgehead atoms. The van der Waals surface area contributed by atoms with Crippen LogP contribution in [0.4, 0.5) is 0 Å². The molecule has 0 radical (unpaired) electrons. The second kappa shape index (κ2) is 5.51. The molecule has 2 aromatic carbocycles. The molecule has 2 nitrogen and oxygen atoms in total. The second-order valence-electron chi connectivity index (χ2n) is 4.54. The van der Waals surface area contributed by atoms with Gasteiger partial charge in [0.1, 0.15) is 11.9 Å². The molecule has 5 heteroatoms. The lowest BCUT2D eigenvalue weighted by atomic mass is 9.96. The van der Waals surface area contributed by atoms with Crippen LogP contribution in [0.3, 0.4) is 0 Å². The third-order valence-corrected chi connectivity index (χ3v) is 4.51. The molecule has 0 spiro atoms. The van der Waals surface area contributed by atoms with Crippen molar-refractivity contribution in [3.05, 3.63) is 61.5 Å². The molecule has 2 aromatic rings. The first-order valence-electron chi connectivity index (χ1n) is 5.99. The van der Waals surface area contributed by atoms with Crippen molar-refractivity contribution in [3.63, 3.8) is 0 Å². The molecule has 0 fully saturated rings. The van der Waals surface area contributed by atoms with E-state index in [1.54, 1.807) is 12.1 Å². The Morgan fingerprint density at radius 2 is 1.80 bits per heavy atom. The lowest BCUT2D eigenvalue weighted by molar-refractivity contribution is 0.0850. The highest BCUT2D eigenvalue weighted by Gasteiger charge is 2.29. The predicted molar refractivity (Wildman–Crippen MR) is 85.6 cm³/mol. The van der Waals surface area contributed by atoms with E-state index in [-0.39, 0.29) is 11.9 Å². The molecule has 3 rings (SSSR count). The Hall–Kier alpha value is -0.840. The number of ether oxygens (including phenoxy) is 1. The first-order chi connectivity index (χ1) is 9.54. The van der Waals surface area contributed by atoms with Crippen molar-refractivity contribution in [1.82, 2.24) is 0 Å². The quantitative estimate of drug-likeness (QED) is 0.607. The minimum absolute atomic E-state index is 0.0720. The van der Waals surface area contributed by atoms with Gasteiger partial charge in [-0.05, 0) is 30.3 Å². The Morgan fingerprint density at radius 3 is 2.55 bits per heavy atom. The van der Waals surface area contributed by atoms with Crippen molar-refractivity contribution in [1.29, 1.82) is 0 Å². The fourth-order valence-electron chi connectivity index (χ4n) is 2.23. The molecule has 102 valence electrons. The van der Waals surface area contributed by atoms with Crippen molar-refractivity contribution < 1.29 is 9.53 Å². The SMILES string of the molecule is O=C1CC(c2ccc(Br)cc2Cl)Oc2cc(Br)ccc21. The van der Waals surface area contributed by atoms with E-state index in [1.807, 2.05) is 24.3 Å². The molecular weight excluding hydrogens is 407 g/mol. The van der Waals surface area contributed by atoms with Gasteiger partial charge in [-0.1, -0.05) is 49.5 Å². The van der Waals surface area contributed by atoms with E-state index in [9.17, 15) is 4.79 Å². The first-order valence-corrected chi connectivity index (χ1v) is 7.95. The van der Waals surface area contributed by atoms with Gasteiger partial charge in [0.2, 0.25) is 0 Å². The molecule has 1 atom stereocenters. The van der Waals surface area contributed by atoms with E-state index in [4.69, 9.17) is 16.3 Å². The van der Waals surface area contributed by atoms with Crippen LogP contribution in [0.25, 0.3) is 0 Å². The highest BCUT2D eigenvalue weighted by Crippen LogP contribution is 2.39. The van der Waals surface area contributed by atoms with E-state index in [0.29, 0.717) is 22.8 Å². The predicted octanol–water partition coefficient (Wildman–Crippen LogP) is 5.57. The van der Waals surface area contributed by atoms with E-state index in [1.165, 1.54) is 0 Å². The number of fused-ring (bicyclic) bond motifs is 1. The molecule has 0 saturated heterocycles. The summed E-state index contributed by atoms with van der Waals surface area (Å²) in [6.45, 7) is 0. The first kappa shape index (κ1) is 14.1. The molecule has 1 aliphatic heterocycles. The van der Waals surface area contributed by atoms with Crippen molar-refractivity contribution in [2.24, 2.45) is 0 Å². The summed E-state index contributed by atoms with van der Waals surface area (Å²) < 4.78 is 7.72. The Kier molecular flexibility index (Phi) is 3.89. The van der Waals surface area contributed by atoms with E-state index in [0.717, 1.165) is 14.5 Å². The van der Waals surface area contributed by atoms with Crippen LogP contribution in [0.2, 0.25) is 5.02 Å². The third-order valence-electron chi connectivity index (χ3n) is 3.19. The summed E-state index contributed by atoms with van der Waals surface area (Å²) in [7, 11) is 0. The smallest absolute Gasteiger partial charge is 0.170 e. The van der Waals surface area contributed by atoms with Gasteiger partial charge in [0, 0.05) is 19.5 Å². The molecular formula is C15H9Br2ClO2. The summed E-state index contributed by atoms with van der Waals surface area (Å²) in [6, 6.07) is 11.0. The maximum atomic E-state index is 12.2. The number of carbonyl (C=O) groups is 1. The van der Waals surface area contributed by atoms with Crippen molar-refractivity contribution in [2.75, 3.05) is 0 Å². The maximum Gasteiger partial charge on any atom is 0.170 e. The normalized spacial score (nSPS) is 17.6. The highest BCUT2D eigenvalue weighted by molar-refractivity contribution is 9.10. The van der Waals surface area contributed by atoms with Crippen LogP contribution in [-0.2, 0) is 0 Å².